The van der Waals surface area contributed by atoms with Gasteiger partial charge < -0.3 is 5.32 Å². The number of nitrogens with one attached hydrogen (secondary N) is 1. The summed E-state index contributed by atoms with van der Waals surface area (Å²) >= 11 is 1.78. The normalized spacial score (nSPS) is 25.2. The van der Waals surface area contributed by atoms with Crippen LogP contribution in [0.5, 0.6) is 0 Å². The van der Waals surface area contributed by atoms with Gasteiger partial charge in [-0.05, 0) is 26.3 Å². The molecule has 0 aromatic carbocycles. The van der Waals surface area contributed by atoms with E-state index in [0.29, 0.717) is 12.1 Å². The molecule has 1 aromatic heterocycles. The molecule has 0 saturated carbocycles. The molecule has 2 unspecified atom stereocenters. The number of rotatable bonds is 3. The summed E-state index contributed by atoms with van der Waals surface area (Å²) in [4.78, 5) is 7.06. The van der Waals surface area contributed by atoms with Crippen molar-refractivity contribution >= 4 is 11.3 Å². The van der Waals surface area contributed by atoms with E-state index in [1.54, 1.807) is 11.3 Å². The highest BCUT2D eigenvalue weighted by atomic mass is 32.1. The predicted molar refractivity (Wildman–Crippen MR) is 68.8 cm³/mol. The fourth-order valence-corrected chi connectivity index (χ4v) is 3.27. The maximum absolute atomic E-state index is 4.47. The van der Waals surface area contributed by atoms with Crippen LogP contribution in [-0.2, 0) is 0 Å². The van der Waals surface area contributed by atoms with E-state index >= 15 is 0 Å². The smallest absolute Gasteiger partial charge is 0.110 e. The molecule has 1 saturated heterocycles. The standard InChI is InChI=1S/C12H21N3S/c1-3-11(12-14-6-8-16-12)15-7-4-5-13-10(2)9-15/h6,8,10-11,13H,3-5,7,9H2,1-2H3. The zero-order valence-electron chi connectivity index (χ0n) is 10.1. The van der Waals surface area contributed by atoms with Crippen molar-refractivity contribution < 1.29 is 0 Å². The van der Waals surface area contributed by atoms with Crippen LogP contribution in [-0.4, -0.2) is 35.6 Å². The third-order valence-electron chi connectivity index (χ3n) is 3.19. The molecule has 1 aliphatic rings. The summed E-state index contributed by atoms with van der Waals surface area (Å²) in [6.07, 6.45) is 4.31. The van der Waals surface area contributed by atoms with Crippen LogP contribution in [0.2, 0.25) is 0 Å². The molecule has 0 amide bonds. The molecule has 16 heavy (non-hydrogen) atoms. The first-order valence-corrected chi connectivity index (χ1v) is 7.06. The average Bonchev–Trinajstić information content (AvgIpc) is 2.70. The second-order valence-corrected chi connectivity index (χ2v) is 5.42. The van der Waals surface area contributed by atoms with E-state index in [-0.39, 0.29) is 0 Å². The molecule has 0 aliphatic carbocycles. The largest absolute Gasteiger partial charge is 0.313 e. The lowest BCUT2D eigenvalue weighted by Gasteiger charge is -2.29. The molecule has 2 heterocycles. The van der Waals surface area contributed by atoms with Gasteiger partial charge in [-0.15, -0.1) is 11.3 Å². The van der Waals surface area contributed by atoms with E-state index in [1.165, 1.54) is 18.0 Å². The molecule has 1 aromatic rings. The number of aromatic nitrogens is 1. The topological polar surface area (TPSA) is 28.2 Å². The fraction of sp³-hybridized carbons (Fsp3) is 0.750. The molecule has 2 rings (SSSR count). The fourth-order valence-electron chi connectivity index (χ4n) is 2.41. The summed E-state index contributed by atoms with van der Waals surface area (Å²) in [6, 6.07) is 1.11. The summed E-state index contributed by atoms with van der Waals surface area (Å²) in [5.41, 5.74) is 0. The lowest BCUT2D eigenvalue weighted by Crippen LogP contribution is -2.37. The Balaban J connectivity index is 2.07. The van der Waals surface area contributed by atoms with E-state index in [2.05, 4.69) is 34.4 Å². The van der Waals surface area contributed by atoms with Crippen LogP contribution in [0.25, 0.3) is 0 Å². The summed E-state index contributed by atoms with van der Waals surface area (Å²) in [7, 11) is 0. The van der Waals surface area contributed by atoms with Crippen LogP contribution in [0.3, 0.4) is 0 Å². The summed E-state index contributed by atoms with van der Waals surface area (Å²) < 4.78 is 0. The maximum atomic E-state index is 4.47. The van der Waals surface area contributed by atoms with Gasteiger partial charge in [0.1, 0.15) is 5.01 Å². The van der Waals surface area contributed by atoms with E-state index < -0.39 is 0 Å². The van der Waals surface area contributed by atoms with Gasteiger partial charge in [0, 0.05) is 30.7 Å². The van der Waals surface area contributed by atoms with Crippen LogP contribution < -0.4 is 5.32 Å². The van der Waals surface area contributed by atoms with Crippen molar-refractivity contribution in [3.05, 3.63) is 16.6 Å². The highest BCUT2D eigenvalue weighted by molar-refractivity contribution is 7.09. The SMILES string of the molecule is CCC(c1nccs1)N1CCCNC(C)C1. The summed E-state index contributed by atoms with van der Waals surface area (Å²) in [6.45, 7) is 8.00. The molecular weight excluding hydrogens is 218 g/mol. The third kappa shape index (κ3) is 2.81. The predicted octanol–water partition coefficient (Wildman–Crippen LogP) is 2.28. The zero-order chi connectivity index (χ0) is 11.4. The van der Waals surface area contributed by atoms with E-state index in [0.717, 1.165) is 19.5 Å². The minimum Gasteiger partial charge on any atom is -0.313 e. The second-order valence-electron chi connectivity index (χ2n) is 4.50. The van der Waals surface area contributed by atoms with Gasteiger partial charge in [-0.2, -0.15) is 0 Å². The molecular formula is C12H21N3S. The van der Waals surface area contributed by atoms with Crippen LogP contribution in [0, 0.1) is 0 Å². The molecule has 3 nitrogen and oxygen atoms in total. The molecule has 1 fully saturated rings. The Morgan fingerprint density at radius 2 is 2.56 bits per heavy atom. The number of hydrogen-bond donors (Lipinski definition) is 1. The first-order valence-electron chi connectivity index (χ1n) is 6.18. The molecule has 0 spiro atoms. The lowest BCUT2D eigenvalue weighted by molar-refractivity contribution is 0.191. The van der Waals surface area contributed by atoms with Gasteiger partial charge in [0.15, 0.2) is 0 Å². The average molecular weight is 239 g/mol. The monoisotopic (exact) mass is 239 g/mol. The molecule has 90 valence electrons. The third-order valence-corrected chi connectivity index (χ3v) is 4.06. The number of nitrogens with zero attached hydrogens (tertiary/aromatic N) is 2. The van der Waals surface area contributed by atoms with Gasteiger partial charge in [-0.3, -0.25) is 4.90 Å². The number of thiazole rings is 1. The van der Waals surface area contributed by atoms with E-state index in [1.807, 2.05) is 6.20 Å². The minimum absolute atomic E-state index is 0.516. The van der Waals surface area contributed by atoms with Crippen molar-refractivity contribution in [2.24, 2.45) is 0 Å². The molecule has 1 aliphatic heterocycles. The Hall–Kier alpha value is -0.450. The van der Waals surface area contributed by atoms with Crippen molar-refractivity contribution in [3.63, 3.8) is 0 Å². The van der Waals surface area contributed by atoms with Crippen LogP contribution >= 0.6 is 11.3 Å². The quantitative estimate of drug-likeness (QED) is 0.877. The minimum atomic E-state index is 0.516. The zero-order valence-corrected chi connectivity index (χ0v) is 11.0. The molecule has 2 atom stereocenters. The van der Waals surface area contributed by atoms with E-state index in [9.17, 15) is 0 Å². The van der Waals surface area contributed by atoms with Gasteiger partial charge in [0.25, 0.3) is 0 Å². The van der Waals surface area contributed by atoms with Crippen molar-refractivity contribution in [3.8, 4) is 0 Å². The van der Waals surface area contributed by atoms with Crippen molar-refractivity contribution in [2.45, 2.75) is 38.8 Å². The number of hydrogen-bond acceptors (Lipinski definition) is 4. The van der Waals surface area contributed by atoms with Gasteiger partial charge in [-0.1, -0.05) is 6.92 Å². The Morgan fingerprint density at radius 1 is 1.69 bits per heavy atom. The Labute approximate surface area is 102 Å². The van der Waals surface area contributed by atoms with Gasteiger partial charge >= 0.3 is 0 Å². The first-order chi connectivity index (χ1) is 7.81. The Bertz CT molecular complexity index is 299. The van der Waals surface area contributed by atoms with Gasteiger partial charge in [0.05, 0.1) is 6.04 Å². The van der Waals surface area contributed by atoms with Crippen LogP contribution in [0.15, 0.2) is 11.6 Å². The Kier molecular flexibility index (Phi) is 4.32. The van der Waals surface area contributed by atoms with Gasteiger partial charge in [-0.25, -0.2) is 4.98 Å². The Morgan fingerprint density at radius 3 is 3.25 bits per heavy atom. The molecule has 1 N–H and O–H groups in total. The first kappa shape index (κ1) is 12.0. The highest BCUT2D eigenvalue weighted by Gasteiger charge is 2.23. The highest BCUT2D eigenvalue weighted by Crippen LogP contribution is 2.26. The maximum Gasteiger partial charge on any atom is 0.110 e. The summed E-state index contributed by atoms with van der Waals surface area (Å²) in [5, 5.41) is 6.90. The molecule has 4 heteroatoms. The molecule has 0 radical (unpaired) electrons. The van der Waals surface area contributed by atoms with Gasteiger partial charge in [0.2, 0.25) is 0 Å². The second kappa shape index (κ2) is 5.75. The van der Waals surface area contributed by atoms with Crippen molar-refractivity contribution in [1.29, 1.82) is 0 Å². The summed E-state index contributed by atoms with van der Waals surface area (Å²) in [5.74, 6) is 0. The van der Waals surface area contributed by atoms with Crippen LogP contribution in [0.4, 0.5) is 0 Å². The van der Waals surface area contributed by atoms with E-state index in [4.69, 9.17) is 0 Å². The van der Waals surface area contributed by atoms with Crippen LogP contribution in [0.1, 0.15) is 37.7 Å². The van der Waals surface area contributed by atoms with Crippen molar-refractivity contribution in [1.82, 2.24) is 15.2 Å². The lowest BCUT2D eigenvalue weighted by atomic mass is 10.1. The molecule has 0 bridgehead atoms. The van der Waals surface area contributed by atoms with Crippen molar-refractivity contribution in [2.75, 3.05) is 19.6 Å².